The smallest absolute Gasteiger partial charge is 0.416 e. The Kier molecular flexibility index (Phi) is 4.14. The standard InChI is InChI=1S/C11H10F3NO2/c12-11(13,14)9-3-1-8(2-4-9)7-15-6-5-10(16)17/h1-6,15H,7H2,(H,16,17)/b6-5+. The predicted molar refractivity (Wildman–Crippen MR) is 55.1 cm³/mol. The first-order valence-corrected chi connectivity index (χ1v) is 4.68. The van der Waals surface area contributed by atoms with Crippen molar-refractivity contribution in [1.29, 1.82) is 0 Å². The quantitative estimate of drug-likeness (QED) is 0.801. The van der Waals surface area contributed by atoms with E-state index in [1.807, 2.05) is 0 Å². The van der Waals surface area contributed by atoms with Crippen LogP contribution in [-0.4, -0.2) is 11.1 Å². The number of carboxylic acid groups (broad SMARTS) is 1. The van der Waals surface area contributed by atoms with Crippen LogP contribution in [0.1, 0.15) is 11.1 Å². The van der Waals surface area contributed by atoms with Gasteiger partial charge in [0.25, 0.3) is 0 Å². The topological polar surface area (TPSA) is 49.3 Å². The maximum absolute atomic E-state index is 12.2. The molecule has 0 saturated carbocycles. The second-order valence-corrected chi connectivity index (χ2v) is 3.25. The van der Waals surface area contributed by atoms with Crippen LogP contribution in [0.5, 0.6) is 0 Å². The molecule has 0 fully saturated rings. The number of carbonyl (C=O) groups is 1. The number of nitrogens with one attached hydrogen (secondary N) is 1. The Hall–Kier alpha value is -1.98. The number of rotatable bonds is 4. The summed E-state index contributed by atoms with van der Waals surface area (Å²) in [6, 6.07) is 4.64. The fraction of sp³-hybridized carbons (Fsp3) is 0.182. The minimum atomic E-state index is -4.34. The van der Waals surface area contributed by atoms with E-state index in [1.54, 1.807) is 0 Å². The highest BCUT2D eigenvalue weighted by Crippen LogP contribution is 2.28. The molecule has 0 bridgehead atoms. The van der Waals surface area contributed by atoms with Gasteiger partial charge in [-0.1, -0.05) is 12.1 Å². The van der Waals surface area contributed by atoms with Gasteiger partial charge in [0.1, 0.15) is 0 Å². The summed E-state index contributed by atoms with van der Waals surface area (Å²) in [5.74, 6) is -1.09. The highest BCUT2D eigenvalue weighted by molar-refractivity contribution is 5.79. The van der Waals surface area contributed by atoms with E-state index in [2.05, 4.69) is 5.32 Å². The Morgan fingerprint density at radius 1 is 1.29 bits per heavy atom. The molecule has 0 aliphatic rings. The van der Waals surface area contributed by atoms with Gasteiger partial charge >= 0.3 is 12.1 Å². The molecule has 3 nitrogen and oxygen atoms in total. The Morgan fingerprint density at radius 2 is 1.88 bits per heavy atom. The van der Waals surface area contributed by atoms with Crippen LogP contribution in [0.15, 0.2) is 36.5 Å². The van der Waals surface area contributed by atoms with E-state index < -0.39 is 17.7 Å². The van der Waals surface area contributed by atoms with Gasteiger partial charge in [-0.2, -0.15) is 13.2 Å². The third-order valence-electron chi connectivity index (χ3n) is 1.93. The molecule has 1 aromatic rings. The molecular weight excluding hydrogens is 235 g/mol. The Morgan fingerprint density at radius 3 is 2.35 bits per heavy atom. The molecule has 0 unspecified atom stereocenters. The van der Waals surface area contributed by atoms with Crippen molar-refractivity contribution in [3.63, 3.8) is 0 Å². The Balaban J connectivity index is 2.55. The Bertz CT molecular complexity index is 410. The van der Waals surface area contributed by atoms with Crippen LogP contribution in [0.3, 0.4) is 0 Å². The number of carboxylic acids is 1. The van der Waals surface area contributed by atoms with Crippen LogP contribution < -0.4 is 5.32 Å². The van der Waals surface area contributed by atoms with Crippen LogP contribution in [-0.2, 0) is 17.5 Å². The minimum Gasteiger partial charge on any atom is -0.478 e. The normalized spacial score (nSPS) is 11.7. The van der Waals surface area contributed by atoms with Crippen molar-refractivity contribution in [2.45, 2.75) is 12.7 Å². The maximum atomic E-state index is 12.2. The maximum Gasteiger partial charge on any atom is 0.416 e. The van der Waals surface area contributed by atoms with E-state index in [-0.39, 0.29) is 6.54 Å². The zero-order valence-electron chi connectivity index (χ0n) is 8.66. The third kappa shape index (κ3) is 4.58. The SMILES string of the molecule is O=C(O)/C=C/NCc1ccc(C(F)(F)F)cc1. The van der Waals surface area contributed by atoms with E-state index in [1.165, 1.54) is 18.3 Å². The molecule has 0 radical (unpaired) electrons. The first-order valence-electron chi connectivity index (χ1n) is 4.68. The first-order chi connectivity index (χ1) is 7.89. The van der Waals surface area contributed by atoms with Crippen molar-refractivity contribution in [2.24, 2.45) is 0 Å². The Labute approximate surface area is 95.6 Å². The van der Waals surface area contributed by atoms with Crippen LogP contribution in [0, 0.1) is 0 Å². The largest absolute Gasteiger partial charge is 0.478 e. The lowest BCUT2D eigenvalue weighted by Gasteiger charge is -2.07. The summed E-state index contributed by atoms with van der Waals surface area (Å²) in [6.07, 6.45) is -2.21. The molecule has 0 aromatic heterocycles. The summed E-state index contributed by atoms with van der Waals surface area (Å²) in [7, 11) is 0. The molecule has 0 aliphatic carbocycles. The average molecular weight is 245 g/mol. The van der Waals surface area contributed by atoms with Gasteiger partial charge < -0.3 is 10.4 Å². The molecule has 0 atom stereocenters. The van der Waals surface area contributed by atoms with Gasteiger partial charge in [0.15, 0.2) is 0 Å². The zero-order valence-corrected chi connectivity index (χ0v) is 8.66. The molecule has 1 rings (SSSR count). The van der Waals surface area contributed by atoms with E-state index in [9.17, 15) is 18.0 Å². The van der Waals surface area contributed by atoms with Crippen molar-refractivity contribution >= 4 is 5.97 Å². The molecule has 0 saturated heterocycles. The molecule has 17 heavy (non-hydrogen) atoms. The summed E-state index contributed by atoms with van der Waals surface area (Å²) in [4.78, 5) is 10.1. The molecule has 0 spiro atoms. The highest BCUT2D eigenvalue weighted by Gasteiger charge is 2.29. The predicted octanol–water partition coefficient (Wildman–Crippen LogP) is 2.39. The van der Waals surface area contributed by atoms with Gasteiger partial charge in [-0.05, 0) is 17.7 Å². The number of benzene rings is 1. The second-order valence-electron chi connectivity index (χ2n) is 3.25. The average Bonchev–Trinajstić information content (AvgIpc) is 2.23. The van der Waals surface area contributed by atoms with E-state index in [4.69, 9.17) is 5.11 Å². The van der Waals surface area contributed by atoms with Gasteiger partial charge in [-0.15, -0.1) is 0 Å². The van der Waals surface area contributed by atoms with Crippen molar-refractivity contribution in [3.8, 4) is 0 Å². The summed E-state index contributed by atoms with van der Waals surface area (Å²) < 4.78 is 36.7. The summed E-state index contributed by atoms with van der Waals surface area (Å²) in [5, 5.41) is 10.9. The van der Waals surface area contributed by atoms with Gasteiger partial charge in [0.05, 0.1) is 5.56 Å². The van der Waals surface area contributed by atoms with Crippen LogP contribution in [0.4, 0.5) is 13.2 Å². The fourth-order valence-corrected chi connectivity index (χ4v) is 1.12. The van der Waals surface area contributed by atoms with E-state index in [0.717, 1.165) is 18.2 Å². The number of hydrogen-bond acceptors (Lipinski definition) is 2. The molecular formula is C11H10F3NO2. The molecule has 1 aromatic carbocycles. The van der Waals surface area contributed by atoms with Gasteiger partial charge in [-0.25, -0.2) is 4.79 Å². The zero-order chi connectivity index (χ0) is 12.9. The highest BCUT2D eigenvalue weighted by atomic mass is 19.4. The number of alkyl halides is 3. The molecule has 6 heteroatoms. The molecule has 0 amide bonds. The number of hydrogen-bond donors (Lipinski definition) is 2. The van der Waals surface area contributed by atoms with Gasteiger partial charge in [0.2, 0.25) is 0 Å². The summed E-state index contributed by atoms with van der Waals surface area (Å²) in [5.41, 5.74) is -0.0737. The molecule has 92 valence electrons. The van der Waals surface area contributed by atoms with E-state index in [0.29, 0.717) is 5.56 Å². The van der Waals surface area contributed by atoms with Gasteiger partial charge in [-0.3, -0.25) is 0 Å². The molecule has 2 N–H and O–H groups in total. The fourth-order valence-electron chi connectivity index (χ4n) is 1.12. The lowest BCUT2D eigenvalue weighted by molar-refractivity contribution is -0.137. The third-order valence-corrected chi connectivity index (χ3v) is 1.93. The van der Waals surface area contributed by atoms with Crippen LogP contribution in [0.25, 0.3) is 0 Å². The lowest BCUT2D eigenvalue weighted by Crippen LogP contribution is -2.07. The molecule has 0 aliphatic heterocycles. The van der Waals surface area contributed by atoms with Gasteiger partial charge in [0, 0.05) is 18.8 Å². The van der Waals surface area contributed by atoms with Crippen molar-refractivity contribution in [3.05, 3.63) is 47.7 Å². The number of halogens is 3. The monoisotopic (exact) mass is 245 g/mol. The summed E-state index contributed by atoms with van der Waals surface area (Å²) in [6.45, 7) is 0.266. The van der Waals surface area contributed by atoms with Crippen molar-refractivity contribution in [2.75, 3.05) is 0 Å². The van der Waals surface area contributed by atoms with Crippen LogP contribution in [0.2, 0.25) is 0 Å². The minimum absolute atomic E-state index is 0.266. The second kappa shape index (κ2) is 5.38. The van der Waals surface area contributed by atoms with E-state index >= 15 is 0 Å². The number of aliphatic carboxylic acids is 1. The van der Waals surface area contributed by atoms with Crippen molar-refractivity contribution in [1.82, 2.24) is 5.32 Å². The van der Waals surface area contributed by atoms with Crippen molar-refractivity contribution < 1.29 is 23.1 Å². The van der Waals surface area contributed by atoms with Crippen LogP contribution >= 0.6 is 0 Å². The summed E-state index contributed by atoms with van der Waals surface area (Å²) >= 11 is 0. The lowest BCUT2D eigenvalue weighted by atomic mass is 10.1. The molecule has 0 heterocycles. The first kappa shape index (κ1) is 13.1.